The van der Waals surface area contributed by atoms with E-state index in [9.17, 15) is 34.5 Å². The van der Waals surface area contributed by atoms with Crippen LogP contribution in [-0.4, -0.2) is 94.2 Å². The van der Waals surface area contributed by atoms with Crippen LogP contribution in [0.2, 0.25) is 0 Å². The van der Waals surface area contributed by atoms with E-state index in [2.05, 4.69) is 27.9 Å². The minimum atomic E-state index is -1.25. The molecule has 0 radical (unpaired) electrons. The van der Waals surface area contributed by atoms with Gasteiger partial charge < -0.3 is 47.6 Å². The second kappa shape index (κ2) is 11.3. The molecule has 5 rings (SSSR count). The molecule has 0 aromatic heterocycles. The van der Waals surface area contributed by atoms with Crippen LogP contribution in [0.5, 0.6) is 5.75 Å². The third kappa shape index (κ3) is 5.37. The van der Waals surface area contributed by atoms with Crippen LogP contribution >= 0.6 is 0 Å². The van der Waals surface area contributed by atoms with E-state index in [0.717, 1.165) is 36.9 Å². The van der Waals surface area contributed by atoms with Crippen molar-refractivity contribution in [1.29, 1.82) is 5.41 Å². The van der Waals surface area contributed by atoms with Crippen molar-refractivity contribution in [2.75, 3.05) is 20.1 Å². The normalized spacial score (nSPS) is 30.0. The molecule has 4 aliphatic rings. The zero-order valence-corrected chi connectivity index (χ0v) is 24.2. The lowest BCUT2D eigenvalue weighted by Crippen LogP contribution is -2.63. The number of carbonyl (C=O) groups excluding carboxylic acids is 2. The number of rotatable bonds is 12. The average Bonchev–Trinajstić information content (AvgIpc) is 3.08. The molecule has 3 fully saturated rings. The molecule has 2 amide bonds. The number of nitrogens with two attached hydrogens (primary N) is 2. The van der Waals surface area contributed by atoms with Crippen LogP contribution in [0.1, 0.15) is 66.4 Å². The summed E-state index contributed by atoms with van der Waals surface area (Å²) in [5, 5.41) is 46.3. The van der Waals surface area contributed by atoms with Gasteiger partial charge in [-0.3, -0.25) is 19.8 Å². The molecule has 2 spiro atoms. The molecule has 234 valence electrons. The summed E-state index contributed by atoms with van der Waals surface area (Å²) >= 11 is 0. The number of aliphatic carboxylic acids is 2. The van der Waals surface area contributed by atoms with Gasteiger partial charge in [-0.2, -0.15) is 0 Å². The number of carboxylic acid groups (broad SMARTS) is 2. The molecule has 3 aliphatic carbocycles. The molecule has 2 unspecified atom stereocenters. The molecular weight excluding hydrogens is 558 g/mol. The fourth-order valence-electron chi connectivity index (χ4n) is 8.96. The second-order valence-corrected chi connectivity index (χ2v) is 12.9. The minimum absolute atomic E-state index is 0.0554. The summed E-state index contributed by atoms with van der Waals surface area (Å²) in [4.78, 5) is 51.3. The molecule has 14 heteroatoms. The minimum Gasteiger partial charge on any atom is -0.507 e. The number of nitrogens with one attached hydrogen (secondary N) is 4. The smallest absolute Gasteiger partial charge is 0.326 e. The summed E-state index contributed by atoms with van der Waals surface area (Å²) in [7, 11) is 2.11. The van der Waals surface area contributed by atoms with Crippen LogP contribution in [-0.2, 0) is 26.2 Å². The number of carboxylic acids is 2. The maximum Gasteiger partial charge on any atom is 0.326 e. The van der Waals surface area contributed by atoms with Gasteiger partial charge in [0.25, 0.3) is 5.91 Å². The number of hydrogen-bond acceptors (Lipinski definition) is 8. The Labute approximate surface area is 249 Å². The largest absolute Gasteiger partial charge is 0.507 e. The maximum atomic E-state index is 12.8. The predicted octanol–water partition coefficient (Wildman–Crippen LogP) is -0.577. The topological polar surface area (TPSA) is 244 Å². The Bertz CT molecular complexity index is 1350. The van der Waals surface area contributed by atoms with Crippen LogP contribution in [0.4, 0.5) is 0 Å². The lowest BCUT2D eigenvalue weighted by molar-refractivity contribution is -0.143. The molecule has 14 nitrogen and oxygen atoms in total. The first kappa shape index (κ1) is 30.5. The number of guanidine groups is 1. The van der Waals surface area contributed by atoms with Crippen molar-refractivity contribution in [2.45, 2.75) is 80.9 Å². The molecule has 1 aliphatic heterocycles. The highest BCUT2D eigenvalue weighted by molar-refractivity contribution is 5.96. The highest BCUT2D eigenvalue weighted by atomic mass is 16.4. The van der Waals surface area contributed by atoms with E-state index in [1.807, 2.05) is 6.07 Å². The van der Waals surface area contributed by atoms with E-state index in [1.54, 1.807) is 6.07 Å². The molecule has 2 saturated carbocycles. The number of benzene rings is 1. The van der Waals surface area contributed by atoms with Gasteiger partial charge in [0.1, 0.15) is 17.8 Å². The molecule has 1 saturated heterocycles. The zero-order chi connectivity index (χ0) is 31.3. The number of likely N-dealkylation sites (tertiary alicyclic amines) is 1. The molecule has 7 atom stereocenters. The fraction of sp³-hybridized carbons (Fsp3) is 0.621. The van der Waals surface area contributed by atoms with Gasteiger partial charge in [-0.15, -0.1) is 0 Å². The Morgan fingerprint density at radius 2 is 1.86 bits per heavy atom. The second-order valence-electron chi connectivity index (χ2n) is 12.9. The lowest BCUT2D eigenvalue weighted by atomic mass is 9.58. The first-order valence-electron chi connectivity index (χ1n) is 14.7. The molecule has 2 bridgehead atoms. The molecule has 1 aromatic rings. The van der Waals surface area contributed by atoms with Crippen molar-refractivity contribution < 1.29 is 34.5 Å². The third-order valence-electron chi connectivity index (χ3n) is 10.2. The third-order valence-corrected chi connectivity index (χ3v) is 10.2. The van der Waals surface area contributed by atoms with Gasteiger partial charge >= 0.3 is 11.9 Å². The Hall–Kier alpha value is -3.91. The van der Waals surface area contributed by atoms with E-state index in [-0.39, 0.29) is 47.6 Å². The van der Waals surface area contributed by atoms with Crippen LogP contribution in [0.3, 0.4) is 0 Å². The summed E-state index contributed by atoms with van der Waals surface area (Å²) in [6.45, 7) is 1.19. The van der Waals surface area contributed by atoms with Crippen molar-refractivity contribution in [1.82, 2.24) is 20.9 Å². The Morgan fingerprint density at radius 1 is 1.14 bits per heavy atom. The molecule has 43 heavy (non-hydrogen) atoms. The van der Waals surface area contributed by atoms with Crippen molar-refractivity contribution >= 4 is 29.7 Å². The molecule has 11 N–H and O–H groups in total. The van der Waals surface area contributed by atoms with Crippen molar-refractivity contribution in [3.8, 4) is 5.75 Å². The Kier molecular flexibility index (Phi) is 8.03. The summed E-state index contributed by atoms with van der Waals surface area (Å²) in [5.74, 6) is -3.99. The van der Waals surface area contributed by atoms with Gasteiger partial charge in [0.2, 0.25) is 5.91 Å². The van der Waals surface area contributed by atoms with Gasteiger partial charge in [0, 0.05) is 41.6 Å². The van der Waals surface area contributed by atoms with Gasteiger partial charge in [-0.1, -0.05) is 6.07 Å². The Balaban J connectivity index is 1.33. The van der Waals surface area contributed by atoms with Crippen LogP contribution in [0, 0.1) is 16.7 Å². The lowest BCUT2D eigenvalue weighted by Gasteiger charge is -2.55. The summed E-state index contributed by atoms with van der Waals surface area (Å²) in [6.07, 6.45) is 3.54. The van der Waals surface area contributed by atoms with Crippen molar-refractivity contribution in [3.63, 3.8) is 0 Å². The summed E-state index contributed by atoms with van der Waals surface area (Å²) in [6, 6.07) is 1.04. The quantitative estimate of drug-likeness (QED) is 0.0836. The first-order valence-corrected chi connectivity index (χ1v) is 14.7. The van der Waals surface area contributed by atoms with E-state index in [4.69, 9.17) is 16.9 Å². The van der Waals surface area contributed by atoms with Crippen LogP contribution in [0.25, 0.3) is 0 Å². The monoisotopic (exact) mass is 599 g/mol. The Morgan fingerprint density at radius 3 is 2.49 bits per heavy atom. The summed E-state index contributed by atoms with van der Waals surface area (Å²) in [5.41, 5.74) is 12.2. The van der Waals surface area contributed by atoms with Gasteiger partial charge in [0.05, 0.1) is 12.0 Å². The van der Waals surface area contributed by atoms with E-state index in [0.29, 0.717) is 25.3 Å². The number of nitrogens with zero attached hydrogens (tertiary/aromatic N) is 1. The van der Waals surface area contributed by atoms with E-state index >= 15 is 0 Å². The van der Waals surface area contributed by atoms with E-state index < -0.39 is 47.7 Å². The number of fused-ring (bicyclic) bond motifs is 2. The van der Waals surface area contributed by atoms with Crippen LogP contribution in [0.15, 0.2) is 12.1 Å². The number of carbonyl (C=O) groups is 4. The number of amides is 2. The number of aromatic hydroxyl groups is 1. The number of hydrogen-bond donors (Lipinski definition) is 9. The van der Waals surface area contributed by atoms with Gasteiger partial charge in [-0.25, -0.2) is 4.79 Å². The van der Waals surface area contributed by atoms with Crippen LogP contribution < -0.4 is 27.4 Å². The molecular formula is C29H41N7O7. The van der Waals surface area contributed by atoms with Gasteiger partial charge in [-0.05, 0) is 69.5 Å². The van der Waals surface area contributed by atoms with Gasteiger partial charge in [0.15, 0.2) is 5.96 Å². The van der Waals surface area contributed by atoms with Crippen molar-refractivity contribution in [3.05, 3.63) is 28.8 Å². The highest BCUT2D eigenvalue weighted by Gasteiger charge is 2.71. The fourth-order valence-corrected chi connectivity index (χ4v) is 8.96. The van der Waals surface area contributed by atoms with E-state index in [1.165, 1.54) is 0 Å². The molecule has 1 aromatic carbocycles. The average molecular weight is 600 g/mol. The maximum absolute atomic E-state index is 12.8. The summed E-state index contributed by atoms with van der Waals surface area (Å²) < 4.78 is 0. The standard InChI is InChI=1S/C29H41N7O7/c1-36-13-28-10-14-4-6-16(24(30)39)22(38)21(14)29(12-28)11-15(5-7-17(29)23(28)36)34-19(26(42)43)9-20(37)35-18(25(40)41)3-2-8-33-27(31)32/h4,6,15,17-19,23,34,38H,2-3,5,7-13H2,1H3,(H2,30,39)(H,35,37)(H,40,41)(H,42,43)(H4,31,32,33)/t15-,17+,18+,19?,23+,28?,29-/m1/s1. The SMILES string of the molecule is CN1CC23Cc4ccc(C(N)=O)c(O)c4[C@]4(C[C@H](NC(CC(=O)N[C@@H](CCCNC(=N)N)C(=O)O)C(=O)O)CC[C@H]4[C@H]12)C3. The molecule has 1 heterocycles. The number of phenols is 1. The predicted molar refractivity (Wildman–Crippen MR) is 154 cm³/mol. The zero-order valence-electron chi connectivity index (χ0n) is 24.2. The number of primary amides is 1. The first-order chi connectivity index (χ1) is 20.3. The highest BCUT2D eigenvalue weighted by Crippen LogP contribution is 2.70. The van der Waals surface area contributed by atoms with Crippen molar-refractivity contribution in [2.24, 2.45) is 22.8 Å².